The predicted octanol–water partition coefficient (Wildman–Crippen LogP) is 5.26. The molecule has 3 aromatic carbocycles. The summed E-state index contributed by atoms with van der Waals surface area (Å²) in [7, 11) is 0. The molecule has 0 unspecified atom stereocenters. The van der Waals surface area contributed by atoms with Crippen molar-refractivity contribution in [3.63, 3.8) is 0 Å². The monoisotopic (exact) mass is 433 g/mol. The maximum atomic E-state index is 12.5. The number of hydrogen-bond donors (Lipinski definition) is 0. The summed E-state index contributed by atoms with van der Waals surface area (Å²) < 4.78 is 5.62. The highest BCUT2D eigenvalue weighted by molar-refractivity contribution is 5.89. The number of benzene rings is 3. The Kier molecular flexibility index (Phi) is 7.57. The van der Waals surface area contributed by atoms with Gasteiger partial charge in [0.25, 0.3) is 5.69 Å². The highest BCUT2D eigenvalue weighted by Gasteiger charge is 2.33. The second-order valence-corrected chi connectivity index (χ2v) is 7.53. The molecule has 3 aromatic rings. The van der Waals surface area contributed by atoms with Gasteiger partial charge in [-0.3, -0.25) is 19.9 Å². The summed E-state index contributed by atoms with van der Waals surface area (Å²) in [4.78, 5) is 26.7. The fourth-order valence-corrected chi connectivity index (χ4v) is 3.74. The minimum Gasteiger partial charge on any atom is -0.443 e. The average Bonchev–Trinajstić information content (AvgIpc) is 3.15. The molecule has 0 aromatic heterocycles. The highest BCUT2D eigenvalue weighted by atomic mass is 16.6. The first kappa shape index (κ1) is 23.0. The van der Waals surface area contributed by atoms with E-state index in [1.165, 1.54) is 28.2 Å². The number of hydrogen-bond acceptors (Lipinski definition) is 5. The van der Waals surface area contributed by atoms with Gasteiger partial charge in [-0.25, -0.2) is 4.79 Å². The van der Waals surface area contributed by atoms with E-state index in [-0.39, 0.29) is 19.2 Å². The van der Waals surface area contributed by atoms with E-state index in [1.54, 1.807) is 12.1 Å². The fraction of sp³-hybridized carbons (Fsp3) is 0.240. The summed E-state index contributed by atoms with van der Waals surface area (Å²) in [5, 5.41) is 10.9. The summed E-state index contributed by atoms with van der Waals surface area (Å²) in [6.07, 6.45) is -0.728. The maximum Gasteiger partial charge on any atom is 0.414 e. The molecule has 1 aliphatic heterocycles. The number of nitro groups is 1. The summed E-state index contributed by atoms with van der Waals surface area (Å²) in [5.74, 6) is 0. The highest BCUT2D eigenvalue weighted by Crippen LogP contribution is 2.25. The van der Waals surface area contributed by atoms with Crippen LogP contribution in [0.25, 0.3) is 0 Å². The SMILES string of the molecule is C.O=C1O[C@H](CN(Cc2ccccc2)Cc2ccccc2)CN1c1ccc([N+](=O)[O-])cc1. The minimum atomic E-state index is -0.458. The molecule has 166 valence electrons. The quantitative estimate of drug-likeness (QED) is 0.358. The number of carbonyl (C=O) groups is 1. The minimum absolute atomic E-state index is 0. The Morgan fingerprint density at radius 3 is 1.94 bits per heavy atom. The van der Waals surface area contributed by atoms with Crippen LogP contribution in [0.15, 0.2) is 84.9 Å². The second-order valence-electron chi connectivity index (χ2n) is 7.53. The smallest absolute Gasteiger partial charge is 0.414 e. The van der Waals surface area contributed by atoms with E-state index in [2.05, 4.69) is 29.2 Å². The Bertz CT molecular complexity index is 985. The number of ether oxygens (including phenoxy) is 1. The van der Waals surface area contributed by atoms with Gasteiger partial charge in [-0.2, -0.15) is 0 Å². The first-order chi connectivity index (χ1) is 15.1. The molecule has 7 nitrogen and oxygen atoms in total. The van der Waals surface area contributed by atoms with E-state index in [9.17, 15) is 14.9 Å². The zero-order chi connectivity index (χ0) is 21.6. The van der Waals surface area contributed by atoms with E-state index < -0.39 is 11.0 Å². The molecular formula is C25H27N3O4. The van der Waals surface area contributed by atoms with Crippen LogP contribution in [0.5, 0.6) is 0 Å². The van der Waals surface area contributed by atoms with Crippen LogP contribution < -0.4 is 4.90 Å². The first-order valence-electron chi connectivity index (χ1n) is 10.1. The average molecular weight is 434 g/mol. The van der Waals surface area contributed by atoms with Gasteiger partial charge in [-0.1, -0.05) is 68.1 Å². The van der Waals surface area contributed by atoms with Crippen molar-refractivity contribution in [1.29, 1.82) is 0 Å². The topological polar surface area (TPSA) is 75.9 Å². The number of anilines is 1. The molecule has 7 heteroatoms. The Hall–Kier alpha value is -3.71. The lowest BCUT2D eigenvalue weighted by Gasteiger charge is -2.25. The third-order valence-electron chi connectivity index (χ3n) is 5.21. The lowest BCUT2D eigenvalue weighted by Crippen LogP contribution is -2.34. The molecule has 4 rings (SSSR count). The largest absolute Gasteiger partial charge is 0.443 e. The van der Waals surface area contributed by atoms with Crippen LogP contribution >= 0.6 is 0 Å². The third kappa shape index (κ3) is 5.70. The van der Waals surface area contributed by atoms with Gasteiger partial charge in [0.1, 0.15) is 6.10 Å². The lowest BCUT2D eigenvalue weighted by atomic mass is 10.1. The standard InChI is InChI=1S/C24H23N3O4.CH4/c28-24-26(21-11-13-22(14-12-21)27(29)30)18-23(31-24)17-25(15-19-7-3-1-4-8-19)16-20-9-5-2-6-10-20;/h1-14,23H,15-18H2;1H4/t23-;/m1./s1. The van der Waals surface area contributed by atoms with Crippen LogP contribution in [0.3, 0.4) is 0 Å². The molecule has 1 fully saturated rings. The van der Waals surface area contributed by atoms with Gasteiger partial charge in [0.05, 0.1) is 11.5 Å². The summed E-state index contributed by atoms with van der Waals surface area (Å²) in [6, 6.07) is 26.3. The van der Waals surface area contributed by atoms with Crippen LogP contribution in [0.1, 0.15) is 18.6 Å². The maximum absolute atomic E-state index is 12.5. The Morgan fingerprint density at radius 2 is 1.44 bits per heavy atom. The molecule has 0 saturated carbocycles. The number of rotatable bonds is 8. The lowest BCUT2D eigenvalue weighted by molar-refractivity contribution is -0.384. The van der Waals surface area contributed by atoms with Crippen LogP contribution in [-0.2, 0) is 17.8 Å². The van der Waals surface area contributed by atoms with E-state index in [1.807, 2.05) is 36.4 Å². The van der Waals surface area contributed by atoms with Crippen molar-refractivity contribution in [2.24, 2.45) is 0 Å². The number of cyclic esters (lactones) is 1. The summed E-state index contributed by atoms with van der Waals surface area (Å²) in [5.41, 5.74) is 2.96. The van der Waals surface area contributed by atoms with Crippen molar-refractivity contribution < 1.29 is 14.5 Å². The zero-order valence-electron chi connectivity index (χ0n) is 17.0. The van der Waals surface area contributed by atoms with Gasteiger partial charge < -0.3 is 4.74 Å². The van der Waals surface area contributed by atoms with Crippen molar-refractivity contribution in [3.05, 3.63) is 106 Å². The van der Waals surface area contributed by atoms with Gasteiger partial charge >= 0.3 is 6.09 Å². The van der Waals surface area contributed by atoms with Crippen LogP contribution in [0.4, 0.5) is 16.2 Å². The molecule has 1 atom stereocenters. The molecule has 1 saturated heterocycles. The molecule has 0 aliphatic carbocycles. The fourth-order valence-electron chi connectivity index (χ4n) is 3.74. The molecule has 32 heavy (non-hydrogen) atoms. The van der Waals surface area contributed by atoms with E-state index in [0.29, 0.717) is 18.8 Å². The molecule has 1 aliphatic rings. The Balaban J connectivity index is 0.00000289. The molecule has 0 spiro atoms. The molecule has 0 bridgehead atoms. The molecular weight excluding hydrogens is 406 g/mol. The normalized spacial score (nSPS) is 15.3. The first-order valence-corrected chi connectivity index (χ1v) is 10.1. The summed E-state index contributed by atoms with van der Waals surface area (Å²) in [6.45, 7) is 2.46. The second kappa shape index (κ2) is 10.5. The van der Waals surface area contributed by atoms with Crippen LogP contribution in [0.2, 0.25) is 0 Å². The third-order valence-corrected chi connectivity index (χ3v) is 5.21. The van der Waals surface area contributed by atoms with Crippen molar-refractivity contribution >= 4 is 17.5 Å². The summed E-state index contributed by atoms with van der Waals surface area (Å²) >= 11 is 0. The number of carbonyl (C=O) groups excluding carboxylic acids is 1. The van der Waals surface area contributed by atoms with E-state index in [0.717, 1.165) is 13.1 Å². The van der Waals surface area contributed by atoms with Gasteiger partial charge in [-0.05, 0) is 23.3 Å². The number of non-ortho nitro benzene ring substituents is 1. The van der Waals surface area contributed by atoms with Gasteiger partial charge in [0.15, 0.2) is 0 Å². The molecule has 0 N–H and O–H groups in total. The van der Waals surface area contributed by atoms with Gasteiger partial charge in [-0.15, -0.1) is 0 Å². The predicted molar refractivity (Wildman–Crippen MR) is 124 cm³/mol. The van der Waals surface area contributed by atoms with Crippen molar-refractivity contribution in [2.45, 2.75) is 26.6 Å². The number of nitrogens with zero attached hydrogens (tertiary/aromatic N) is 3. The van der Waals surface area contributed by atoms with Crippen LogP contribution in [0, 0.1) is 10.1 Å². The molecule has 0 radical (unpaired) electrons. The number of nitro benzene ring substituents is 1. The van der Waals surface area contributed by atoms with E-state index >= 15 is 0 Å². The molecule has 1 amide bonds. The van der Waals surface area contributed by atoms with E-state index in [4.69, 9.17) is 4.74 Å². The number of amides is 1. The van der Waals surface area contributed by atoms with Crippen molar-refractivity contribution in [2.75, 3.05) is 18.0 Å². The Labute approximate surface area is 188 Å². The van der Waals surface area contributed by atoms with Gasteiger partial charge in [0, 0.05) is 37.5 Å². The molecule has 1 heterocycles. The Morgan fingerprint density at radius 1 is 0.906 bits per heavy atom. The van der Waals surface area contributed by atoms with Gasteiger partial charge in [0.2, 0.25) is 0 Å². The zero-order valence-corrected chi connectivity index (χ0v) is 17.0. The van der Waals surface area contributed by atoms with Crippen LogP contribution in [-0.4, -0.2) is 35.1 Å². The van der Waals surface area contributed by atoms with Crippen molar-refractivity contribution in [1.82, 2.24) is 4.90 Å². The van der Waals surface area contributed by atoms with Crippen molar-refractivity contribution in [3.8, 4) is 0 Å².